The van der Waals surface area contributed by atoms with Crippen LogP contribution in [-0.2, 0) is 15.1 Å². The molecule has 0 radical (unpaired) electrons. The van der Waals surface area contributed by atoms with Crippen LogP contribution in [0.25, 0.3) is 0 Å². The molecule has 3 atom stereocenters. The summed E-state index contributed by atoms with van der Waals surface area (Å²) in [7, 11) is 3.20. The van der Waals surface area contributed by atoms with Crippen LogP contribution in [0.5, 0.6) is 11.5 Å². The molecule has 43 heavy (non-hydrogen) atoms. The van der Waals surface area contributed by atoms with E-state index in [4.69, 9.17) is 18.9 Å². The van der Waals surface area contributed by atoms with E-state index in [-0.39, 0.29) is 26.1 Å². The number of hydrogen-bond acceptors (Lipinski definition) is 8. The predicted molar refractivity (Wildman–Crippen MR) is 160 cm³/mol. The van der Waals surface area contributed by atoms with Gasteiger partial charge in [-0.1, -0.05) is 54.6 Å². The summed E-state index contributed by atoms with van der Waals surface area (Å²) in [5.41, 5.74) is -0.964. The third-order valence-electron chi connectivity index (χ3n) is 8.10. The summed E-state index contributed by atoms with van der Waals surface area (Å²) in [5.74, 6) is 1.35. The highest BCUT2D eigenvalue weighted by atomic mass is 16.6. The van der Waals surface area contributed by atoms with Crippen LogP contribution >= 0.6 is 0 Å². The molecule has 0 bridgehead atoms. The molecule has 3 N–H and O–H groups in total. The first-order chi connectivity index (χ1) is 20.8. The molecule has 5 rings (SSSR count). The molecule has 0 unspecified atom stereocenters. The zero-order valence-corrected chi connectivity index (χ0v) is 24.4. The lowest BCUT2D eigenvalue weighted by Crippen LogP contribution is -2.48. The van der Waals surface area contributed by atoms with Crippen molar-refractivity contribution in [2.45, 2.75) is 43.3 Å². The van der Waals surface area contributed by atoms with E-state index in [9.17, 15) is 19.8 Å². The van der Waals surface area contributed by atoms with E-state index in [1.807, 2.05) is 78.9 Å². The van der Waals surface area contributed by atoms with Crippen LogP contribution in [0, 0.1) is 6.92 Å². The van der Waals surface area contributed by atoms with Gasteiger partial charge in [-0.3, -0.25) is 14.3 Å². The van der Waals surface area contributed by atoms with Gasteiger partial charge in [0.2, 0.25) is 0 Å². The monoisotopic (exact) mass is 588 g/mol. The van der Waals surface area contributed by atoms with Crippen molar-refractivity contribution in [2.24, 2.45) is 0 Å². The third-order valence-corrected chi connectivity index (χ3v) is 8.10. The van der Waals surface area contributed by atoms with Crippen molar-refractivity contribution in [2.75, 3.05) is 27.4 Å². The number of aliphatic hydroxyl groups excluding tert-OH is 2. The minimum absolute atomic E-state index is 0.0395. The Bertz CT molecular complexity index is 1590. The van der Waals surface area contributed by atoms with E-state index >= 15 is 0 Å². The van der Waals surface area contributed by atoms with Crippen LogP contribution in [0.4, 0.5) is 0 Å². The molecule has 1 saturated heterocycles. The van der Waals surface area contributed by atoms with Crippen molar-refractivity contribution in [3.63, 3.8) is 0 Å². The summed E-state index contributed by atoms with van der Waals surface area (Å²) in [4.78, 5) is 26.9. The first-order valence-corrected chi connectivity index (χ1v) is 14.0. The average Bonchev–Trinajstić information content (AvgIpc) is 3.35. The molecular weight excluding hydrogens is 552 g/mol. The fourth-order valence-corrected chi connectivity index (χ4v) is 5.70. The highest BCUT2D eigenvalue weighted by Crippen LogP contribution is 2.45. The molecule has 2 heterocycles. The van der Waals surface area contributed by atoms with Crippen molar-refractivity contribution in [1.82, 2.24) is 9.55 Å². The lowest BCUT2D eigenvalue weighted by molar-refractivity contribution is -0.167. The topological polar surface area (TPSA) is 132 Å². The minimum atomic E-state index is -1.37. The number of nitrogens with one attached hydrogen (secondary N) is 1. The SMILES string of the molecule is COc1ccc(C(OC[C@@]2(CCO)O[C@@H](n3cc(C)c(=O)[nH]c3=O)C[C@@H]2O)(c2ccccc2)c2ccc(OC)cc2)cc1. The minimum Gasteiger partial charge on any atom is -0.497 e. The summed E-state index contributed by atoms with van der Waals surface area (Å²) in [5, 5.41) is 21.5. The number of nitrogens with zero attached hydrogens (tertiary/aromatic N) is 1. The number of rotatable bonds is 11. The number of ether oxygens (including phenoxy) is 4. The Labute approximate surface area is 249 Å². The second kappa shape index (κ2) is 12.6. The number of aryl methyl sites for hydroxylation is 1. The van der Waals surface area contributed by atoms with E-state index in [1.165, 1.54) is 10.8 Å². The highest BCUT2D eigenvalue weighted by molar-refractivity contribution is 5.49. The van der Waals surface area contributed by atoms with Crippen LogP contribution in [0.2, 0.25) is 0 Å². The van der Waals surface area contributed by atoms with Gasteiger partial charge < -0.3 is 29.2 Å². The van der Waals surface area contributed by atoms with Gasteiger partial charge in [-0.05, 0) is 47.9 Å². The lowest BCUT2D eigenvalue weighted by Gasteiger charge is -2.40. The molecule has 1 aromatic heterocycles. The molecule has 0 aliphatic carbocycles. The van der Waals surface area contributed by atoms with E-state index in [1.54, 1.807) is 21.1 Å². The van der Waals surface area contributed by atoms with Gasteiger partial charge in [0.1, 0.15) is 28.9 Å². The molecule has 4 aromatic rings. The van der Waals surface area contributed by atoms with Crippen molar-refractivity contribution in [3.8, 4) is 11.5 Å². The highest BCUT2D eigenvalue weighted by Gasteiger charge is 2.51. The fraction of sp³-hybridized carbons (Fsp3) is 0.333. The van der Waals surface area contributed by atoms with Crippen molar-refractivity contribution in [3.05, 3.63) is 128 Å². The zero-order valence-electron chi connectivity index (χ0n) is 24.4. The van der Waals surface area contributed by atoms with Gasteiger partial charge in [-0.25, -0.2) is 4.79 Å². The second-order valence-electron chi connectivity index (χ2n) is 10.6. The van der Waals surface area contributed by atoms with Crippen LogP contribution in [0.3, 0.4) is 0 Å². The van der Waals surface area contributed by atoms with Gasteiger partial charge in [-0.2, -0.15) is 0 Å². The van der Waals surface area contributed by atoms with E-state index in [2.05, 4.69) is 4.98 Å². The normalized spacial score (nSPS) is 20.2. The standard InChI is InChI=1S/C33H36N2O8/c1-22-20-35(31(39)34-30(22)38)29-19-28(37)32(43-29,17-18-36)21-42-33(23-7-5-4-6-8-23,24-9-13-26(40-2)14-10-24)25-11-15-27(41-3)16-12-25/h4-16,20,28-29,36-37H,17-19,21H2,1-3H3,(H,34,38,39)/t28-,29+,32+/m0/s1. The van der Waals surface area contributed by atoms with Gasteiger partial charge in [0.05, 0.1) is 26.9 Å². The summed E-state index contributed by atoms with van der Waals surface area (Å²) in [6.45, 7) is 1.15. The molecule has 3 aromatic carbocycles. The summed E-state index contributed by atoms with van der Waals surface area (Å²) >= 11 is 0. The maximum atomic E-state index is 12.7. The quantitative estimate of drug-likeness (QED) is 0.228. The molecule has 10 heteroatoms. The van der Waals surface area contributed by atoms with Crippen LogP contribution in [-0.4, -0.2) is 58.9 Å². The zero-order chi connectivity index (χ0) is 30.6. The number of H-pyrrole nitrogens is 1. The Balaban J connectivity index is 1.62. The average molecular weight is 589 g/mol. The molecule has 1 aliphatic rings. The summed E-state index contributed by atoms with van der Waals surface area (Å²) in [6.07, 6.45) is -0.474. The number of methoxy groups -OCH3 is 2. The number of aromatic amines is 1. The van der Waals surface area contributed by atoms with Crippen molar-refractivity contribution >= 4 is 0 Å². The molecule has 226 valence electrons. The van der Waals surface area contributed by atoms with Crippen molar-refractivity contribution in [1.29, 1.82) is 0 Å². The van der Waals surface area contributed by atoms with Gasteiger partial charge in [-0.15, -0.1) is 0 Å². The first kappa shape index (κ1) is 30.2. The van der Waals surface area contributed by atoms with Crippen LogP contribution in [0.1, 0.15) is 41.3 Å². The molecule has 0 saturated carbocycles. The van der Waals surface area contributed by atoms with Gasteiger partial charge in [0, 0.05) is 31.2 Å². The largest absolute Gasteiger partial charge is 0.497 e. The van der Waals surface area contributed by atoms with Gasteiger partial charge in [0.15, 0.2) is 0 Å². The summed E-state index contributed by atoms with van der Waals surface area (Å²) < 4.78 is 25.5. The maximum absolute atomic E-state index is 12.7. The third kappa shape index (κ3) is 5.74. The Kier molecular flexibility index (Phi) is 8.84. The van der Waals surface area contributed by atoms with E-state index in [0.29, 0.717) is 17.1 Å². The van der Waals surface area contributed by atoms with Crippen LogP contribution < -0.4 is 20.7 Å². The number of aliphatic hydroxyl groups is 2. The fourth-order valence-electron chi connectivity index (χ4n) is 5.70. The smallest absolute Gasteiger partial charge is 0.330 e. The number of hydrogen-bond donors (Lipinski definition) is 3. The molecule has 0 spiro atoms. The molecule has 10 nitrogen and oxygen atoms in total. The second-order valence-corrected chi connectivity index (χ2v) is 10.6. The van der Waals surface area contributed by atoms with Crippen LogP contribution in [0.15, 0.2) is 94.6 Å². The van der Waals surface area contributed by atoms with E-state index < -0.39 is 34.8 Å². The molecule has 0 amide bonds. The van der Waals surface area contributed by atoms with Gasteiger partial charge in [0.25, 0.3) is 5.56 Å². The Morgan fingerprint density at radius 3 is 2.02 bits per heavy atom. The number of aromatic nitrogens is 2. The Morgan fingerprint density at radius 2 is 1.49 bits per heavy atom. The predicted octanol–water partition coefficient (Wildman–Crippen LogP) is 3.27. The summed E-state index contributed by atoms with van der Waals surface area (Å²) in [6, 6.07) is 24.8. The van der Waals surface area contributed by atoms with Crippen molar-refractivity contribution < 1.29 is 29.2 Å². The maximum Gasteiger partial charge on any atom is 0.330 e. The molecule has 1 aliphatic heterocycles. The first-order valence-electron chi connectivity index (χ1n) is 14.0. The Hall–Kier alpha value is -4.22. The number of benzene rings is 3. The Morgan fingerprint density at radius 1 is 0.930 bits per heavy atom. The van der Waals surface area contributed by atoms with Gasteiger partial charge >= 0.3 is 5.69 Å². The lowest BCUT2D eigenvalue weighted by atomic mass is 9.79. The van der Waals surface area contributed by atoms with E-state index in [0.717, 1.165) is 16.7 Å². The molecule has 1 fully saturated rings. The molecular formula is C33H36N2O8.